The van der Waals surface area contributed by atoms with Crippen LogP contribution in [0.3, 0.4) is 0 Å². The molecule has 0 aliphatic carbocycles. The fourth-order valence-electron chi connectivity index (χ4n) is 2.21. The van der Waals surface area contributed by atoms with Crippen LogP contribution in [-0.4, -0.2) is 25.7 Å². The van der Waals surface area contributed by atoms with Crippen molar-refractivity contribution >= 4 is 11.6 Å². The summed E-state index contributed by atoms with van der Waals surface area (Å²) in [5, 5.41) is 2.87. The van der Waals surface area contributed by atoms with Gasteiger partial charge in [0, 0.05) is 24.4 Å². The third-order valence-corrected chi connectivity index (χ3v) is 3.22. The minimum atomic E-state index is -0.00335. The second-order valence-electron chi connectivity index (χ2n) is 4.69. The first-order chi connectivity index (χ1) is 9.19. The number of methoxy groups -OCH3 is 1. The van der Waals surface area contributed by atoms with Gasteiger partial charge in [-0.1, -0.05) is 0 Å². The molecule has 0 saturated carbocycles. The number of nitrogens with two attached hydrogens (primary N) is 1. The van der Waals surface area contributed by atoms with Gasteiger partial charge in [0.1, 0.15) is 5.75 Å². The minimum absolute atomic E-state index is 0.00335. The largest absolute Gasteiger partial charge is 0.496 e. The summed E-state index contributed by atoms with van der Waals surface area (Å²) in [6.45, 7) is 1.18. The highest BCUT2D eigenvalue weighted by Crippen LogP contribution is 2.21. The van der Waals surface area contributed by atoms with Gasteiger partial charge in [-0.25, -0.2) is 0 Å². The number of carbonyl (C=O) groups is 1. The lowest BCUT2D eigenvalue weighted by Gasteiger charge is -2.12. The Bertz CT molecular complexity index is 442. The summed E-state index contributed by atoms with van der Waals surface area (Å²) >= 11 is 0. The van der Waals surface area contributed by atoms with Gasteiger partial charge < -0.3 is 20.5 Å². The number of benzene rings is 1. The molecule has 1 saturated heterocycles. The van der Waals surface area contributed by atoms with Crippen LogP contribution in [0.1, 0.15) is 24.8 Å². The van der Waals surface area contributed by atoms with Gasteiger partial charge in [-0.2, -0.15) is 0 Å². The fraction of sp³-hybridized carbons (Fsp3) is 0.500. The second kappa shape index (κ2) is 6.43. The van der Waals surface area contributed by atoms with Crippen LogP contribution in [0.5, 0.6) is 5.75 Å². The van der Waals surface area contributed by atoms with Crippen LogP contribution in [0.4, 0.5) is 5.69 Å². The molecule has 1 unspecified atom stereocenters. The summed E-state index contributed by atoms with van der Waals surface area (Å²) in [5.74, 6) is 0.725. The number of rotatable bonds is 5. The van der Waals surface area contributed by atoms with E-state index in [1.165, 1.54) is 0 Å². The Morgan fingerprint density at radius 3 is 3.11 bits per heavy atom. The molecule has 104 valence electrons. The van der Waals surface area contributed by atoms with E-state index in [1.807, 2.05) is 6.07 Å². The van der Waals surface area contributed by atoms with Crippen molar-refractivity contribution in [2.24, 2.45) is 0 Å². The SMILES string of the molecule is COc1ccc(N)cc1CNC(=O)CC1CCCO1. The molecule has 1 fully saturated rings. The van der Waals surface area contributed by atoms with Crippen LogP contribution in [-0.2, 0) is 16.1 Å². The van der Waals surface area contributed by atoms with Crippen molar-refractivity contribution in [1.82, 2.24) is 5.32 Å². The van der Waals surface area contributed by atoms with Crippen molar-refractivity contribution in [1.29, 1.82) is 0 Å². The molecule has 1 heterocycles. The third-order valence-electron chi connectivity index (χ3n) is 3.22. The lowest BCUT2D eigenvalue weighted by atomic mass is 10.1. The number of anilines is 1. The van der Waals surface area contributed by atoms with Gasteiger partial charge in [-0.15, -0.1) is 0 Å². The summed E-state index contributed by atoms with van der Waals surface area (Å²) in [4.78, 5) is 11.8. The predicted molar refractivity (Wildman–Crippen MR) is 72.8 cm³/mol. The average molecular weight is 264 g/mol. The van der Waals surface area contributed by atoms with Crippen molar-refractivity contribution in [2.45, 2.75) is 31.9 Å². The number of nitrogen functional groups attached to an aromatic ring is 1. The summed E-state index contributed by atoms with van der Waals surface area (Å²) in [5.41, 5.74) is 7.27. The molecule has 5 nitrogen and oxygen atoms in total. The smallest absolute Gasteiger partial charge is 0.222 e. The molecular formula is C14H20N2O3. The van der Waals surface area contributed by atoms with Gasteiger partial charge >= 0.3 is 0 Å². The maximum Gasteiger partial charge on any atom is 0.222 e. The Hall–Kier alpha value is -1.75. The van der Waals surface area contributed by atoms with Crippen molar-refractivity contribution in [2.75, 3.05) is 19.5 Å². The van der Waals surface area contributed by atoms with E-state index >= 15 is 0 Å². The highest BCUT2D eigenvalue weighted by molar-refractivity contribution is 5.76. The minimum Gasteiger partial charge on any atom is -0.496 e. The Morgan fingerprint density at radius 1 is 1.58 bits per heavy atom. The van der Waals surface area contributed by atoms with E-state index in [2.05, 4.69) is 5.32 Å². The molecule has 1 atom stereocenters. The first-order valence-electron chi connectivity index (χ1n) is 6.49. The average Bonchev–Trinajstić information content (AvgIpc) is 2.89. The first-order valence-corrected chi connectivity index (χ1v) is 6.49. The summed E-state index contributed by atoms with van der Waals surface area (Å²) in [6.07, 6.45) is 2.50. The van der Waals surface area contributed by atoms with Crippen molar-refractivity contribution in [3.63, 3.8) is 0 Å². The Labute approximate surface area is 113 Å². The Balaban J connectivity index is 1.87. The molecule has 3 N–H and O–H groups in total. The first kappa shape index (κ1) is 13.7. The standard InChI is InChI=1S/C14H20N2O3/c1-18-13-5-4-11(15)7-10(13)9-16-14(17)8-12-3-2-6-19-12/h4-5,7,12H,2-3,6,8-9,15H2,1H3,(H,16,17). The van der Waals surface area contributed by atoms with Crippen LogP contribution in [0.25, 0.3) is 0 Å². The molecule has 1 aromatic carbocycles. The highest BCUT2D eigenvalue weighted by atomic mass is 16.5. The molecule has 0 spiro atoms. The Kier molecular flexibility index (Phi) is 4.63. The molecule has 1 aromatic rings. The molecule has 0 bridgehead atoms. The van der Waals surface area contributed by atoms with Gasteiger partial charge in [0.15, 0.2) is 0 Å². The zero-order chi connectivity index (χ0) is 13.7. The van der Waals surface area contributed by atoms with Crippen LogP contribution in [0.15, 0.2) is 18.2 Å². The van der Waals surface area contributed by atoms with Crippen LogP contribution in [0.2, 0.25) is 0 Å². The van der Waals surface area contributed by atoms with Gasteiger partial charge in [0.25, 0.3) is 0 Å². The van der Waals surface area contributed by atoms with E-state index in [4.69, 9.17) is 15.2 Å². The monoisotopic (exact) mass is 264 g/mol. The van der Waals surface area contributed by atoms with Gasteiger partial charge in [-0.05, 0) is 31.0 Å². The van der Waals surface area contributed by atoms with Crippen molar-refractivity contribution in [3.8, 4) is 5.75 Å². The molecule has 2 rings (SSSR count). The van der Waals surface area contributed by atoms with E-state index in [0.29, 0.717) is 18.7 Å². The van der Waals surface area contributed by atoms with E-state index in [0.717, 1.165) is 30.8 Å². The molecule has 1 amide bonds. The topological polar surface area (TPSA) is 73.6 Å². The highest BCUT2D eigenvalue weighted by Gasteiger charge is 2.19. The van der Waals surface area contributed by atoms with Crippen LogP contribution in [0, 0.1) is 0 Å². The summed E-state index contributed by atoms with van der Waals surface area (Å²) < 4.78 is 10.7. The van der Waals surface area contributed by atoms with E-state index < -0.39 is 0 Å². The number of nitrogens with one attached hydrogen (secondary N) is 1. The second-order valence-corrected chi connectivity index (χ2v) is 4.69. The number of hydrogen-bond donors (Lipinski definition) is 2. The molecule has 0 radical (unpaired) electrons. The van der Waals surface area contributed by atoms with Crippen molar-refractivity contribution in [3.05, 3.63) is 23.8 Å². The maximum atomic E-state index is 11.8. The molecule has 0 aromatic heterocycles. The van der Waals surface area contributed by atoms with Crippen LogP contribution >= 0.6 is 0 Å². The molecule has 19 heavy (non-hydrogen) atoms. The Morgan fingerprint density at radius 2 is 2.42 bits per heavy atom. The summed E-state index contributed by atoms with van der Waals surface area (Å²) in [6, 6.07) is 5.39. The number of ether oxygens (including phenoxy) is 2. The number of carbonyl (C=O) groups excluding carboxylic acids is 1. The zero-order valence-electron chi connectivity index (χ0n) is 11.1. The van der Waals surface area contributed by atoms with E-state index in [1.54, 1.807) is 19.2 Å². The van der Waals surface area contributed by atoms with Gasteiger partial charge in [0.2, 0.25) is 5.91 Å². The fourth-order valence-corrected chi connectivity index (χ4v) is 2.21. The molecule has 1 aliphatic heterocycles. The number of amides is 1. The summed E-state index contributed by atoms with van der Waals surface area (Å²) in [7, 11) is 1.60. The maximum absolute atomic E-state index is 11.8. The van der Waals surface area contributed by atoms with E-state index in [9.17, 15) is 4.79 Å². The lowest BCUT2D eigenvalue weighted by Crippen LogP contribution is -2.27. The van der Waals surface area contributed by atoms with Crippen molar-refractivity contribution < 1.29 is 14.3 Å². The van der Waals surface area contributed by atoms with Gasteiger partial charge in [0.05, 0.1) is 19.6 Å². The number of hydrogen-bond acceptors (Lipinski definition) is 4. The molecular weight excluding hydrogens is 244 g/mol. The lowest BCUT2D eigenvalue weighted by molar-refractivity contribution is -0.123. The zero-order valence-corrected chi connectivity index (χ0v) is 11.1. The quantitative estimate of drug-likeness (QED) is 0.790. The third kappa shape index (κ3) is 3.86. The normalized spacial score (nSPS) is 18.3. The molecule has 5 heteroatoms. The van der Waals surface area contributed by atoms with Crippen LogP contribution < -0.4 is 15.8 Å². The van der Waals surface area contributed by atoms with E-state index in [-0.39, 0.29) is 12.0 Å². The van der Waals surface area contributed by atoms with Gasteiger partial charge in [-0.3, -0.25) is 4.79 Å². The molecule has 1 aliphatic rings. The predicted octanol–water partition coefficient (Wildman–Crippen LogP) is 1.46.